The number of benzene rings is 2. The second-order valence-electron chi connectivity index (χ2n) is 4.26. The lowest BCUT2D eigenvalue weighted by Gasteiger charge is -2.08. The average molecular weight is 251 g/mol. The Balaban J connectivity index is 2.22. The highest BCUT2D eigenvalue weighted by Crippen LogP contribution is 2.33. The molecule has 0 spiro atoms. The van der Waals surface area contributed by atoms with Crippen molar-refractivity contribution in [3.8, 4) is 22.6 Å². The summed E-state index contributed by atoms with van der Waals surface area (Å²) in [6.07, 6.45) is 1.78. The number of para-hydroxylation sites is 1. The molecule has 0 aliphatic carbocycles. The van der Waals surface area contributed by atoms with Gasteiger partial charge in [-0.3, -0.25) is 4.98 Å². The molecule has 2 aromatic carbocycles. The van der Waals surface area contributed by atoms with E-state index in [4.69, 9.17) is 4.74 Å². The lowest BCUT2D eigenvalue weighted by molar-refractivity contribution is 0.373. The normalized spacial score (nSPS) is 10.6. The zero-order chi connectivity index (χ0) is 13.2. The maximum atomic E-state index is 9.88. The first-order chi connectivity index (χ1) is 9.29. The van der Waals surface area contributed by atoms with Crippen LogP contribution in [-0.2, 0) is 0 Å². The number of aromatic hydroxyl groups is 1. The molecular weight excluding hydrogens is 238 g/mol. The molecule has 0 atom stereocenters. The highest BCUT2D eigenvalue weighted by molar-refractivity contribution is 5.94. The molecule has 3 heteroatoms. The topological polar surface area (TPSA) is 42.4 Å². The molecular formula is C16H13NO2. The number of methoxy groups -OCH3 is 1. The number of fused-ring (bicyclic) bond motifs is 1. The highest BCUT2D eigenvalue weighted by Gasteiger charge is 2.07. The molecule has 0 unspecified atom stereocenters. The second-order valence-corrected chi connectivity index (χ2v) is 4.26. The first kappa shape index (κ1) is 11.5. The van der Waals surface area contributed by atoms with E-state index in [1.807, 2.05) is 36.4 Å². The van der Waals surface area contributed by atoms with E-state index in [0.29, 0.717) is 5.75 Å². The first-order valence-corrected chi connectivity index (χ1v) is 6.01. The van der Waals surface area contributed by atoms with Gasteiger partial charge in [-0.15, -0.1) is 0 Å². The Labute approximate surface area is 111 Å². The molecule has 0 bridgehead atoms. The number of phenolic OH excluding ortho intramolecular Hbond substituents is 1. The van der Waals surface area contributed by atoms with Crippen LogP contribution in [-0.4, -0.2) is 17.2 Å². The van der Waals surface area contributed by atoms with Crippen LogP contribution >= 0.6 is 0 Å². The predicted octanol–water partition coefficient (Wildman–Crippen LogP) is 3.62. The van der Waals surface area contributed by atoms with Crippen molar-refractivity contribution in [2.75, 3.05) is 7.11 Å². The molecule has 0 radical (unpaired) electrons. The Kier molecular flexibility index (Phi) is 2.80. The third kappa shape index (κ3) is 1.99. The SMILES string of the molecule is COc1ccc(-c2ccnc3ccccc23)cc1O. The van der Waals surface area contributed by atoms with E-state index in [1.54, 1.807) is 18.3 Å². The molecule has 0 saturated heterocycles. The molecule has 1 aromatic heterocycles. The summed E-state index contributed by atoms with van der Waals surface area (Å²) >= 11 is 0. The number of hydrogen-bond donors (Lipinski definition) is 1. The summed E-state index contributed by atoms with van der Waals surface area (Å²) in [5, 5.41) is 10.9. The summed E-state index contributed by atoms with van der Waals surface area (Å²) in [5.74, 6) is 0.614. The Bertz CT molecular complexity index is 732. The average Bonchev–Trinajstić information content (AvgIpc) is 2.46. The van der Waals surface area contributed by atoms with Crippen LogP contribution in [0.5, 0.6) is 11.5 Å². The summed E-state index contributed by atoms with van der Waals surface area (Å²) in [7, 11) is 1.54. The molecule has 0 saturated carbocycles. The van der Waals surface area contributed by atoms with E-state index in [9.17, 15) is 5.11 Å². The Morgan fingerprint density at radius 3 is 2.68 bits per heavy atom. The third-order valence-corrected chi connectivity index (χ3v) is 3.14. The molecule has 0 fully saturated rings. The van der Waals surface area contributed by atoms with Crippen LogP contribution in [0.4, 0.5) is 0 Å². The molecule has 1 heterocycles. The fourth-order valence-electron chi connectivity index (χ4n) is 2.21. The minimum Gasteiger partial charge on any atom is -0.504 e. The van der Waals surface area contributed by atoms with Gasteiger partial charge in [0.1, 0.15) is 0 Å². The second kappa shape index (κ2) is 4.61. The van der Waals surface area contributed by atoms with Gasteiger partial charge in [0.25, 0.3) is 0 Å². The van der Waals surface area contributed by atoms with Crippen LogP contribution in [0, 0.1) is 0 Å². The number of pyridine rings is 1. The number of nitrogens with zero attached hydrogens (tertiary/aromatic N) is 1. The molecule has 94 valence electrons. The maximum Gasteiger partial charge on any atom is 0.160 e. The van der Waals surface area contributed by atoms with Crippen molar-refractivity contribution in [2.45, 2.75) is 0 Å². The maximum absolute atomic E-state index is 9.88. The molecule has 19 heavy (non-hydrogen) atoms. The number of ether oxygens (including phenoxy) is 1. The summed E-state index contributed by atoms with van der Waals surface area (Å²) in [4.78, 5) is 4.34. The Hall–Kier alpha value is -2.55. The van der Waals surface area contributed by atoms with E-state index >= 15 is 0 Å². The van der Waals surface area contributed by atoms with Crippen molar-refractivity contribution in [2.24, 2.45) is 0 Å². The summed E-state index contributed by atoms with van der Waals surface area (Å²) in [6, 6.07) is 15.3. The lowest BCUT2D eigenvalue weighted by atomic mass is 10.0. The van der Waals surface area contributed by atoms with Gasteiger partial charge in [-0.2, -0.15) is 0 Å². The van der Waals surface area contributed by atoms with Crippen LogP contribution in [0.15, 0.2) is 54.7 Å². The standard InChI is InChI=1S/C16H13NO2/c1-19-16-7-6-11(10-15(16)18)12-8-9-17-14-5-3-2-4-13(12)14/h2-10,18H,1H3. The summed E-state index contributed by atoms with van der Waals surface area (Å²) < 4.78 is 5.06. The highest BCUT2D eigenvalue weighted by atomic mass is 16.5. The molecule has 1 N–H and O–H groups in total. The van der Waals surface area contributed by atoms with Gasteiger partial charge >= 0.3 is 0 Å². The van der Waals surface area contributed by atoms with Crippen molar-refractivity contribution in [3.05, 3.63) is 54.7 Å². The summed E-state index contributed by atoms with van der Waals surface area (Å²) in [6.45, 7) is 0. The number of hydrogen-bond acceptors (Lipinski definition) is 3. The van der Waals surface area contributed by atoms with Gasteiger partial charge in [0.15, 0.2) is 11.5 Å². The molecule has 3 aromatic rings. The van der Waals surface area contributed by atoms with Gasteiger partial charge in [-0.25, -0.2) is 0 Å². The van der Waals surface area contributed by atoms with Gasteiger partial charge in [0.2, 0.25) is 0 Å². The molecule has 0 amide bonds. The zero-order valence-corrected chi connectivity index (χ0v) is 10.5. The largest absolute Gasteiger partial charge is 0.504 e. The molecule has 0 aliphatic rings. The van der Waals surface area contributed by atoms with E-state index < -0.39 is 0 Å². The van der Waals surface area contributed by atoms with Crippen molar-refractivity contribution >= 4 is 10.9 Å². The van der Waals surface area contributed by atoms with Crippen LogP contribution in [0.25, 0.3) is 22.0 Å². The van der Waals surface area contributed by atoms with Gasteiger partial charge in [-0.1, -0.05) is 24.3 Å². The minimum absolute atomic E-state index is 0.140. The number of rotatable bonds is 2. The van der Waals surface area contributed by atoms with E-state index in [-0.39, 0.29) is 5.75 Å². The van der Waals surface area contributed by atoms with Crippen molar-refractivity contribution in [3.63, 3.8) is 0 Å². The van der Waals surface area contributed by atoms with Crippen molar-refractivity contribution < 1.29 is 9.84 Å². The molecule has 3 nitrogen and oxygen atoms in total. The van der Waals surface area contributed by atoms with Crippen LogP contribution in [0.1, 0.15) is 0 Å². The van der Waals surface area contributed by atoms with Gasteiger partial charge in [-0.05, 0) is 35.4 Å². The minimum atomic E-state index is 0.140. The van der Waals surface area contributed by atoms with Crippen LogP contribution in [0.2, 0.25) is 0 Å². The van der Waals surface area contributed by atoms with E-state index in [1.165, 1.54) is 7.11 Å². The number of aromatic nitrogens is 1. The third-order valence-electron chi connectivity index (χ3n) is 3.14. The van der Waals surface area contributed by atoms with Crippen molar-refractivity contribution in [1.82, 2.24) is 4.98 Å². The van der Waals surface area contributed by atoms with Crippen LogP contribution in [0.3, 0.4) is 0 Å². The Morgan fingerprint density at radius 2 is 1.89 bits per heavy atom. The van der Waals surface area contributed by atoms with E-state index in [2.05, 4.69) is 4.98 Å². The van der Waals surface area contributed by atoms with Crippen LogP contribution < -0.4 is 4.74 Å². The smallest absolute Gasteiger partial charge is 0.160 e. The Morgan fingerprint density at radius 1 is 1.05 bits per heavy atom. The zero-order valence-electron chi connectivity index (χ0n) is 10.5. The molecule has 3 rings (SSSR count). The number of phenols is 1. The summed E-state index contributed by atoms with van der Waals surface area (Å²) in [5.41, 5.74) is 2.93. The van der Waals surface area contributed by atoms with E-state index in [0.717, 1.165) is 22.0 Å². The molecule has 0 aliphatic heterocycles. The van der Waals surface area contributed by atoms with Gasteiger partial charge in [0, 0.05) is 11.6 Å². The fraction of sp³-hybridized carbons (Fsp3) is 0.0625. The van der Waals surface area contributed by atoms with Crippen molar-refractivity contribution in [1.29, 1.82) is 0 Å². The monoisotopic (exact) mass is 251 g/mol. The quantitative estimate of drug-likeness (QED) is 0.756. The van der Waals surface area contributed by atoms with Gasteiger partial charge < -0.3 is 9.84 Å². The van der Waals surface area contributed by atoms with Gasteiger partial charge in [0.05, 0.1) is 12.6 Å². The lowest BCUT2D eigenvalue weighted by Crippen LogP contribution is -1.86. The fourth-order valence-corrected chi connectivity index (χ4v) is 2.21. The first-order valence-electron chi connectivity index (χ1n) is 6.01. The predicted molar refractivity (Wildman–Crippen MR) is 75.4 cm³/mol.